The predicted molar refractivity (Wildman–Crippen MR) is 101 cm³/mol. The Balaban J connectivity index is 1.39. The number of carbonyl (C=O) groups excluding carboxylic acids is 3. The Morgan fingerprint density at radius 1 is 1.00 bits per heavy atom. The van der Waals surface area contributed by atoms with Gasteiger partial charge in [0.25, 0.3) is 0 Å². The molecule has 0 radical (unpaired) electrons. The lowest BCUT2D eigenvalue weighted by molar-refractivity contribution is -0.134. The van der Waals surface area contributed by atoms with Crippen LogP contribution in [-0.2, 0) is 14.4 Å². The first-order valence-electron chi connectivity index (χ1n) is 10.3. The zero-order valence-corrected chi connectivity index (χ0v) is 15.9. The molecule has 1 aromatic carbocycles. The number of hydrogen-bond donors (Lipinski definition) is 0. The zero-order chi connectivity index (χ0) is 19.0. The molecule has 0 unspecified atom stereocenters. The molecule has 2 aliphatic carbocycles. The number of benzene rings is 1. The summed E-state index contributed by atoms with van der Waals surface area (Å²) in [4.78, 5) is 38.9. The van der Waals surface area contributed by atoms with Gasteiger partial charge in [0.2, 0.25) is 11.8 Å². The van der Waals surface area contributed by atoms with Crippen LogP contribution in [0.25, 0.3) is 0 Å². The Morgan fingerprint density at radius 3 is 2.22 bits per heavy atom. The second-order valence-electron chi connectivity index (χ2n) is 8.18. The monoisotopic (exact) mass is 369 g/mol. The number of rotatable bonds is 7. The van der Waals surface area contributed by atoms with Crippen LogP contribution in [0.5, 0.6) is 5.75 Å². The normalized spacial score (nSPS) is 28.7. The van der Waals surface area contributed by atoms with Gasteiger partial charge in [0.1, 0.15) is 5.75 Å². The Hall–Kier alpha value is -2.17. The summed E-state index contributed by atoms with van der Waals surface area (Å²) in [6, 6.07) is 6.75. The van der Waals surface area contributed by atoms with Crippen LogP contribution >= 0.6 is 0 Å². The maximum Gasteiger partial charge on any atom is 0.311 e. The predicted octanol–water partition coefficient (Wildman–Crippen LogP) is 4.10. The maximum atomic E-state index is 12.8. The number of carbonyl (C=O) groups is 3. The summed E-state index contributed by atoms with van der Waals surface area (Å²) in [5.41, 5.74) is 0.585. The Bertz CT molecular complexity index is 713. The van der Waals surface area contributed by atoms with E-state index in [0.717, 1.165) is 44.9 Å². The fourth-order valence-electron chi connectivity index (χ4n) is 5.21. The minimum atomic E-state index is -0.238. The first-order valence-corrected chi connectivity index (χ1v) is 10.3. The van der Waals surface area contributed by atoms with E-state index in [9.17, 15) is 14.4 Å². The molecule has 1 aromatic rings. The summed E-state index contributed by atoms with van der Waals surface area (Å²) in [6.07, 6.45) is 7.74. The summed E-state index contributed by atoms with van der Waals surface area (Å²) in [6.45, 7) is 2.13. The first-order chi connectivity index (χ1) is 13.1. The molecule has 5 nitrogen and oxygen atoms in total. The maximum absolute atomic E-state index is 12.8. The van der Waals surface area contributed by atoms with E-state index in [0.29, 0.717) is 29.7 Å². The number of imide groups is 1. The average Bonchev–Trinajstić information content (AvgIpc) is 3.34. The van der Waals surface area contributed by atoms with Gasteiger partial charge in [-0.25, -0.2) is 0 Å². The van der Waals surface area contributed by atoms with Crippen LogP contribution in [0.2, 0.25) is 0 Å². The van der Waals surface area contributed by atoms with Crippen molar-refractivity contribution in [3.8, 4) is 5.75 Å². The van der Waals surface area contributed by atoms with E-state index in [2.05, 4.69) is 6.92 Å². The highest BCUT2D eigenvalue weighted by atomic mass is 16.5. The molecular weight excluding hydrogens is 342 g/mol. The summed E-state index contributed by atoms with van der Waals surface area (Å²) in [5.74, 6) is 0.671. The largest absolute Gasteiger partial charge is 0.427 e. The van der Waals surface area contributed by atoms with Gasteiger partial charge >= 0.3 is 5.97 Å². The van der Waals surface area contributed by atoms with Crippen molar-refractivity contribution >= 4 is 23.5 Å². The molecule has 3 aliphatic rings. The van der Waals surface area contributed by atoms with Crippen LogP contribution < -0.4 is 9.64 Å². The van der Waals surface area contributed by atoms with Gasteiger partial charge in [-0.05, 0) is 61.8 Å². The molecule has 0 N–H and O–H groups in total. The number of esters is 1. The van der Waals surface area contributed by atoms with E-state index >= 15 is 0 Å². The van der Waals surface area contributed by atoms with E-state index in [1.54, 1.807) is 24.3 Å². The molecule has 3 fully saturated rings. The van der Waals surface area contributed by atoms with Crippen molar-refractivity contribution < 1.29 is 19.1 Å². The molecule has 2 amide bonds. The molecule has 0 aromatic heterocycles. The van der Waals surface area contributed by atoms with Gasteiger partial charge in [0.05, 0.1) is 17.5 Å². The molecule has 1 heterocycles. The van der Waals surface area contributed by atoms with Crippen molar-refractivity contribution in [1.29, 1.82) is 0 Å². The number of amides is 2. The van der Waals surface area contributed by atoms with Gasteiger partial charge in [0.15, 0.2) is 0 Å². The van der Waals surface area contributed by atoms with Crippen LogP contribution in [0.3, 0.4) is 0 Å². The smallest absolute Gasteiger partial charge is 0.311 e. The van der Waals surface area contributed by atoms with Crippen molar-refractivity contribution in [3.05, 3.63) is 24.3 Å². The molecule has 5 heteroatoms. The van der Waals surface area contributed by atoms with Crippen LogP contribution in [0.1, 0.15) is 58.3 Å². The Morgan fingerprint density at radius 2 is 1.63 bits per heavy atom. The summed E-state index contributed by atoms with van der Waals surface area (Å²) in [5, 5.41) is 0. The number of hydrogen-bond acceptors (Lipinski definition) is 4. The Labute approximate surface area is 160 Å². The molecule has 144 valence electrons. The van der Waals surface area contributed by atoms with Crippen molar-refractivity contribution in [3.63, 3.8) is 0 Å². The standard InChI is InChI=1S/C22H27NO4/c1-2-3-4-5-6-18(24)27-17-11-9-16(10-12-17)23-21(25)19-14-7-8-15(13-14)20(19)22(23)26/h9-12,14-15,19-20H,2-8,13H2,1H3/t14-,15+,19-,20+. The van der Waals surface area contributed by atoms with E-state index in [-0.39, 0.29) is 29.6 Å². The van der Waals surface area contributed by atoms with Crippen LogP contribution in [0.15, 0.2) is 24.3 Å². The third-order valence-electron chi connectivity index (χ3n) is 6.49. The molecule has 4 rings (SSSR count). The van der Waals surface area contributed by atoms with Gasteiger partial charge in [-0.15, -0.1) is 0 Å². The first kappa shape index (κ1) is 18.2. The second kappa shape index (κ2) is 7.45. The molecule has 27 heavy (non-hydrogen) atoms. The van der Waals surface area contributed by atoms with Gasteiger partial charge in [-0.3, -0.25) is 19.3 Å². The molecule has 1 saturated heterocycles. The number of unbranched alkanes of at least 4 members (excludes halogenated alkanes) is 3. The van der Waals surface area contributed by atoms with Crippen LogP contribution in [0, 0.1) is 23.7 Å². The molecule has 2 saturated carbocycles. The lowest BCUT2D eigenvalue weighted by Crippen LogP contribution is -2.32. The molecule has 1 aliphatic heterocycles. The third-order valence-corrected chi connectivity index (χ3v) is 6.49. The zero-order valence-electron chi connectivity index (χ0n) is 15.9. The fourth-order valence-corrected chi connectivity index (χ4v) is 5.21. The van der Waals surface area contributed by atoms with E-state index < -0.39 is 0 Å². The minimum absolute atomic E-state index is 0.0436. The van der Waals surface area contributed by atoms with Gasteiger partial charge in [-0.1, -0.05) is 26.2 Å². The van der Waals surface area contributed by atoms with Crippen molar-refractivity contribution in [2.75, 3.05) is 4.90 Å². The topological polar surface area (TPSA) is 63.7 Å². The van der Waals surface area contributed by atoms with E-state index in [1.807, 2.05) is 0 Å². The van der Waals surface area contributed by atoms with Gasteiger partial charge in [0, 0.05) is 6.42 Å². The van der Waals surface area contributed by atoms with Crippen molar-refractivity contribution in [2.45, 2.75) is 58.3 Å². The molecular formula is C22H27NO4. The van der Waals surface area contributed by atoms with Gasteiger partial charge < -0.3 is 4.74 Å². The third kappa shape index (κ3) is 3.28. The highest BCUT2D eigenvalue weighted by Crippen LogP contribution is 2.56. The Kier molecular flexibility index (Phi) is 5.02. The number of ether oxygens (including phenoxy) is 1. The SMILES string of the molecule is CCCCCCC(=O)Oc1ccc(N2C(=O)[C@@H]3[C@@H]4CC[C@@H](C4)[C@@H]3C2=O)cc1. The highest BCUT2D eigenvalue weighted by Gasteiger charge is 2.61. The van der Waals surface area contributed by atoms with Gasteiger partial charge in [-0.2, -0.15) is 0 Å². The van der Waals surface area contributed by atoms with Crippen LogP contribution in [0.4, 0.5) is 5.69 Å². The van der Waals surface area contributed by atoms with Crippen LogP contribution in [-0.4, -0.2) is 17.8 Å². The lowest BCUT2D eigenvalue weighted by Gasteiger charge is -2.19. The number of fused-ring (bicyclic) bond motifs is 5. The highest BCUT2D eigenvalue weighted by molar-refractivity contribution is 6.22. The average molecular weight is 369 g/mol. The van der Waals surface area contributed by atoms with E-state index in [1.165, 1.54) is 4.90 Å². The molecule has 2 bridgehead atoms. The quantitative estimate of drug-likeness (QED) is 0.314. The summed E-state index contributed by atoms with van der Waals surface area (Å²) < 4.78 is 5.36. The molecule has 0 spiro atoms. The second-order valence-corrected chi connectivity index (χ2v) is 8.18. The minimum Gasteiger partial charge on any atom is -0.427 e. The fraction of sp³-hybridized carbons (Fsp3) is 0.591. The lowest BCUT2D eigenvalue weighted by atomic mass is 9.81. The number of nitrogens with zero attached hydrogens (tertiary/aromatic N) is 1. The number of anilines is 1. The summed E-state index contributed by atoms with van der Waals surface area (Å²) >= 11 is 0. The summed E-state index contributed by atoms with van der Waals surface area (Å²) in [7, 11) is 0. The van der Waals surface area contributed by atoms with E-state index in [4.69, 9.17) is 4.74 Å². The van der Waals surface area contributed by atoms with Crippen molar-refractivity contribution in [2.24, 2.45) is 23.7 Å². The molecule has 4 atom stereocenters. The van der Waals surface area contributed by atoms with Crippen molar-refractivity contribution in [1.82, 2.24) is 0 Å².